The summed E-state index contributed by atoms with van der Waals surface area (Å²) in [6.07, 6.45) is 3.54. The second-order valence-corrected chi connectivity index (χ2v) is 5.75. The molecule has 0 fully saturated rings. The summed E-state index contributed by atoms with van der Waals surface area (Å²) >= 11 is 0. The van der Waals surface area contributed by atoms with Crippen molar-refractivity contribution in [3.8, 4) is 0 Å². The zero-order valence-corrected chi connectivity index (χ0v) is 11.2. The molecule has 1 rings (SSSR count). The minimum absolute atomic E-state index is 0.291. The molecule has 0 aliphatic heterocycles. The Labute approximate surface area is 103 Å². The van der Waals surface area contributed by atoms with Crippen molar-refractivity contribution in [1.82, 2.24) is 4.72 Å². The van der Waals surface area contributed by atoms with E-state index in [1.54, 1.807) is 24.3 Å². The van der Waals surface area contributed by atoms with Crippen molar-refractivity contribution in [2.24, 2.45) is 0 Å². The van der Waals surface area contributed by atoms with Gasteiger partial charge in [-0.3, -0.25) is 0 Å². The summed E-state index contributed by atoms with van der Waals surface area (Å²) in [5.41, 5.74) is 0.955. The first-order chi connectivity index (χ1) is 8.10. The highest BCUT2D eigenvalue weighted by Crippen LogP contribution is 2.13. The Morgan fingerprint density at radius 3 is 2.29 bits per heavy atom. The first-order valence-electron chi connectivity index (χ1n) is 5.87. The van der Waals surface area contributed by atoms with Gasteiger partial charge in [0.05, 0.1) is 4.90 Å². The topological polar surface area (TPSA) is 58.2 Å². The fourth-order valence-electron chi connectivity index (χ4n) is 1.48. The number of hydrogen-bond donors (Lipinski definition) is 2. The van der Waals surface area contributed by atoms with Crippen LogP contribution in [-0.4, -0.2) is 22.0 Å². The van der Waals surface area contributed by atoms with Gasteiger partial charge in [-0.25, -0.2) is 13.1 Å². The number of nitrogens with one attached hydrogen (secondary N) is 2. The van der Waals surface area contributed by atoms with Crippen molar-refractivity contribution in [2.75, 3.05) is 18.9 Å². The average Bonchev–Trinajstić information content (AvgIpc) is 2.35. The minimum atomic E-state index is -3.32. The number of rotatable bonds is 7. The van der Waals surface area contributed by atoms with E-state index in [1.807, 2.05) is 0 Å². The van der Waals surface area contributed by atoms with Gasteiger partial charge in [-0.1, -0.05) is 19.8 Å². The van der Waals surface area contributed by atoms with Crippen LogP contribution < -0.4 is 10.0 Å². The quantitative estimate of drug-likeness (QED) is 0.735. The summed E-state index contributed by atoms with van der Waals surface area (Å²) in [6.45, 7) is 3.09. The third-order valence-corrected chi connectivity index (χ3v) is 3.97. The van der Waals surface area contributed by atoms with Crippen molar-refractivity contribution in [3.05, 3.63) is 24.3 Å². The zero-order chi connectivity index (χ0) is 12.7. The van der Waals surface area contributed by atoms with Gasteiger partial charge in [-0.2, -0.15) is 0 Å². The number of hydrogen-bond acceptors (Lipinski definition) is 3. The smallest absolute Gasteiger partial charge is 0.240 e. The molecular weight excluding hydrogens is 236 g/mol. The maximum atomic E-state index is 11.5. The van der Waals surface area contributed by atoms with Gasteiger partial charge in [0.15, 0.2) is 0 Å². The molecule has 0 bridgehead atoms. The lowest BCUT2D eigenvalue weighted by Gasteiger charge is -2.07. The Hall–Kier alpha value is -1.07. The fraction of sp³-hybridized carbons (Fsp3) is 0.500. The Kier molecular flexibility index (Phi) is 5.44. The lowest BCUT2D eigenvalue weighted by Crippen LogP contribution is -2.18. The molecule has 1 aromatic carbocycles. The third kappa shape index (κ3) is 4.36. The van der Waals surface area contributed by atoms with Crippen LogP contribution in [-0.2, 0) is 10.0 Å². The monoisotopic (exact) mass is 256 g/mol. The Morgan fingerprint density at radius 2 is 1.76 bits per heavy atom. The van der Waals surface area contributed by atoms with Crippen LogP contribution in [0.5, 0.6) is 0 Å². The van der Waals surface area contributed by atoms with Crippen molar-refractivity contribution < 1.29 is 8.42 Å². The maximum absolute atomic E-state index is 11.5. The largest absolute Gasteiger partial charge is 0.385 e. The van der Waals surface area contributed by atoms with Gasteiger partial charge in [0, 0.05) is 12.2 Å². The molecule has 4 nitrogen and oxygen atoms in total. The van der Waals surface area contributed by atoms with Crippen LogP contribution in [0, 0.1) is 0 Å². The van der Waals surface area contributed by atoms with E-state index in [1.165, 1.54) is 19.9 Å². The van der Waals surface area contributed by atoms with Crippen LogP contribution in [0.3, 0.4) is 0 Å². The van der Waals surface area contributed by atoms with E-state index in [9.17, 15) is 8.42 Å². The summed E-state index contributed by atoms with van der Waals surface area (Å²) < 4.78 is 25.2. The summed E-state index contributed by atoms with van der Waals surface area (Å²) in [7, 11) is -1.91. The molecule has 0 aromatic heterocycles. The fourth-order valence-corrected chi connectivity index (χ4v) is 2.21. The molecule has 0 aliphatic carbocycles. The van der Waals surface area contributed by atoms with Crippen LogP contribution in [0.15, 0.2) is 29.2 Å². The van der Waals surface area contributed by atoms with Crippen LogP contribution >= 0.6 is 0 Å². The van der Waals surface area contributed by atoms with Gasteiger partial charge in [-0.15, -0.1) is 0 Å². The molecule has 17 heavy (non-hydrogen) atoms. The molecule has 0 radical (unpaired) electrons. The van der Waals surface area contributed by atoms with Gasteiger partial charge >= 0.3 is 0 Å². The lowest BCUT2D eigenvalue weighted by atomic mass is 10.2. The van der Waals surface area contributed by atoms with Gasteiger partial charge in [0.25, 0.3) is 0 Å². The SMILES string of the molecule is CCCCCNc1ccc(S(=O)(=O)NC)cc1. The van der Waals surface area contributed by atoms with Crippen LogP contribution in [0.1, 0.15) is 26.2 Å². The highest BCUT2D eigenvalue weighted by Gasteiger charge is 2.09. The molecule has 0 heterocycles. The molecule has 2 N–H and O–H groups in total. The molecule has 0 atom stereocenters. The van der Waals surface area contributed by atoms with Crippen LogP contribution in [0.4, 0.5) is 5.69 Å². The standard InChI is InChI=1S/C12H20N2O2S/c1-3-4-5-10-14-11-6-8-12(9-7-11)17(15,16)13-2/h6-9,13-14H,3-5,10H2,1-2H3. The molecule has 0 spiro atoms. The molecule has 0 saturated heterocycles. The zero-order valence-electron chi connectivity index (χ0n) is 10.4. The Bertz CT molecular complexity index is 426. The molecule has 0 unspecified atom stereocenters. The third-order valence-electron chi connectivity index (χ3n) is 2.54. The van der Waals surface area contributed by atoms with Crippen molar-refractivity contribution in [1.29, 1.82) is 0 Å². The van der Waals surface area contributed by atoms with Gasteiger partial charge in [0.2, 0.25) is 10.0 Å². The highest BCUT2D eigenvalue weighted by molar-refractivity contribution is 7.89. The second kappa shape index (κ2) is 6.61. The molecule has 1 aromatic rings. The first kappa shape index (κ1) is 14.0. The summed E-state index contributed by atoms with van der Waals surface area (Å²) in [5, 5.41) is 3.26. The number of sulfonamides is 1. The summed E-state index contributed by atoms with van der Waals surface area (Å²) in [4.78, 5) is 0.291. The Morgan fingerprint density at radius 1 is 1.12 bits per heavy atom. The summed E-state index contributed by atoms with van der Waals surface area (Å²) in [6, 6.07) is 6.79. The molecule has 96 valence electrons. The number of unbranched alkanes of at least 4 members (excludes halogenated alkanes) is 2. The van der Waals surface area contributed by atoms with Gasteiger partial charge < -0.3 is 5.32 Å². The van der Waals surface area contributed by atoms with E-state index in [-0.39, 0.29) is 0 Å². The van der Waals surface area contributed by atoms with Gasteiger partial charge in [0.1, 0.15) is 0 Å². The van der Waals surface area contributed by atoms with E-state index in [4.69, 9.17) is 0 Å². The lowest BCUT2D eigenvalue weighted by molar-refractivity contribution is 0.588. The predicted molar refractivity (Wildman–Crippen MR) is 70.7 cm³/mol. The first-order valence-corrected chi connectivity index (χ1v) is 7.36. The normalized spacial score (nSPS) is 11.4. The van der Waals surface area contributed by atoms with Crippen molar-refractivity contribution in [3.63, 3.8) is 0 Å². The van der Waals surface area contributed by atoms with Crippen molar-refractivity contribution >= 4 is 15.7 Å². The van der Waals surface area contributed by atoms with E-state index in [0.717, 1.165) is 18.7 Å². The van der Waals surface area contributed by atoms with Crippen LogP contribution in [0.25, 0.3) is 0 Å². The van der Waals surface area contributed by atoms with E-state index < -0.39 is 10.0 Å². The molecule has 0 amide bonds. The Balaban J connectivity index is 2.57. The number of benzene rings is 1. The average molecular weight is 256 g/mol. The highest BCUT2D eigenvalue weighted by atomic mass is 32.2. The predicted octanol–water partition coefficient (Wildman–Crippen LogP) is 2.20. The number of anilines is 1. The second-order valence-electron chi connectivity index (χ2n) is 3.87. The van der Waals surface area contributed by atoms with Crippen molar-refractivity contribution in [2.45, 2.75) is 31.1 Å². The van der Waals surface area contributed by atoms with Crippen LogP contribution in [0.2, 0.25) is 0 Å². The van der Waals surface area contributed by atoms with E-state index in [0.29, 0.717) is 4.90 Å². The minimum Gasteiger partial charge on any atom is -0.385 e. The van der Waals surface area contributed by atoms with E-state index in [2.05, 4.69) is 17.0 Å². The van der Waals surface area contributed by atoms with Gasteiger partial charge in [-0.05, 0) is 37.7 Å². The summed E-state index contributed by atoms with van der Waals surface area (Å²) in [5.74, 6) is 0. The molecular formula is C12H20N2O2S. The molecule has 0 aliphatic rings. The molecule has 0 saturated carbocycles. The maximum Gasteiger partial charge on any atom is 0.240 e. The molecule has 5 heteroatoms. The van der Waals surface area contributed by atoms with E-state index >= 15 is 0 Å².